The van der Waals surface area contributed by atoms with Gasteiger partial charge < -0.3 is 9.88 Å². The molecular formula is C18H18N4O4S. The molecule has 0 radical (unpaired) electrons. The first-order chi connectivity index (χ1) is 12.8. The fraction of sp³-hybridized carbons (Fsp3) is 0.278. The van der Waals surface area contributed by atoms with Crippen LogP contribution >= 0.6 is 0 Å². The van der Waals surface area contributed by atoms with Crippen LogP contribution in [0.25, 0.3) is 11.0 Å². The highest BCUT2D eigenvalue weighted by atomic mass is 32.2. The lowest BCUT2D eigenvalue weighted by Gasteiger charge is -2.09. The fourth-order valence-electron chi connectivity index (χ4n) is 3.27. The van der Waals surface area contributed by atoms with Crippen LogP contribution in [0.2, 0.25) is 0 Å². The summed E-state index contributed by atoms with van der Waals surface area (Å²) in [5.74, 6) is 1.55. The first-order valence-electron chi connectivity index (χ1n) is 8.46. The van der Waals surface area contributed by atoms with E-state index in [9.17, 15) is 18.5 Å². The average Bonchev–Trinajstić information content (AvgIpc) is 3.38. The van der Waals surface area contributed by atoms with Gasteiger partial charge in [0, 0.05) is 24.9 Å². The summed E-state index contributed by atoms with van der Waals surface area (Å²) < 4.78 is 25.9. The van der Waals surface area contributed by atoms with Crippen molar-refractivity contribution in [3.8, 4) is 0 Å². The average molecular weight is 386 g/mol. The minimum absolute atomic E-state index is 0.126. The van der Waals surface area contributed by atoms with Crippen molar-refractivity contribution < 1.29 is 13.3 Å². The van der Waals surface area contributed by atoms with Gasteiger partial charge in [0.2, 0.25) is 0 Å². The molecule has 140 valence electrons. The third-order valence-electron chi connectivity index (χ3n) is 4.72. The van der Waals surface area contributed by atoms with Gasteiger partial charge in [-0.1, -0.05) is 6.07 Å². The molecule has 0 bridgehead atoms. The Morgan fingerprint density at radius 3 is 2.63 bits per heavy atom. The maximum atomic E-state index is 11.9. The van der Waals surface area contributed by atoms with Gasteiger partial charge in [-0.05, 0) is 43.2 Å². The Morgan fingerprint density at radius 2 is 2.00 bits per heavy atom. The Kier molecular flexibility index (Phi) is 3.92. The standard InChI is InChI=1S/C18H18N4O4S/c1-21-15-9-8-12(10-14(15)20-18(21)11-6-7-11)19-13-4-3-5-16(27(2,25)26)17(13)22(23)24/h3-5,8-11,19H,6-7H2,1-2H3. The van der Waals surface area contributed by atoms with Crippen LogP contribution in [-0.2, 0) is 16.9 Å². The third-order valence-corrected chi connectivity index (χ3v) is 5.85. The molecule has 1 aromatic heterocycles. The number of nitrogens with zero attached hydrogens (tertiary/aromatic N) is 3. The molecule has 3 aromatic rings. The number of sulfone groups is 1. The Morgan fingerprint density at radius 1 is 1.26 bits per heavy atom. The molecule has 8 nitrogen and oxygen atoms in total. The van der Waals surface area contributed by atoms with Crippen molar-refractivity contribution in [2.24, 2.45) is 7.05 Å². The lowest BCUT2D eigenvalue weighted by atomic mass is 10.2. The molecule has 4 rings (SSSR count). The van der Waals surface area contributed by atoms with Gasteiger partial charge in [-0.15, -0.1) is 0 Å². The van der Waals surface area contributed by atoms with Crippen LogP contribution < -0.4 is 5.32 Å². The quantitative estimate of drug-likeness (QED) is 0.531. The van der Waals surface area contributed by atoms with Crippen molar-refractivity contribution >= 4 is 37.9 Å². The Hall–Kier alpha value is -2.94. The summed E-state index contributed by atoms with van der Waals surface area (Å²) in [4.78, 5) is 15.2. The van der Waals surface area contributed by atoms with Crippen LogP contribution in [0, 0.1) is 10.1 Å². The van der Waals surface area contributed by atoms with Gasteiger partial charge in [0.1, 0.15) is 16.4 Å². The first-order valence-corrected chi connectivity index (χ1v) is 10.4. The molecule has 1 N–H and O–H groups in total. The van der Waals surface area contributed by atoms with Crippen molar-refractivity contribution in [2.75, 3.05) is 11.6 Å². The van der Waals surface area contributed by atoms with Crippen molar-refractivity contribution in [3.05, 3.63) is 52.3 Å². The van der Waals surface area contributed by atoms with Crippen molar-refractivity contribution in [2.45, 2.75) is 23.7 Å². The van der Waals surface area contributed by atoms with E-state index in [2.05, 4.69) is 14.9 Å². The van der Waals surface area contributed by atoms with E-state index in [1.165, 1.54) is 18.2 Å². The van der Waals surface area contributed by atoms with E-state index in [1.54, 1.807) is 6.07 Å². The summed E-state index contributed by atoms with van der Waals surface area (Å²) in [7, 11) is -1.75. The zero-order chi connectivity index (χ0) is 19.3. The van der Waals surface area contributed by atoms with Crippen LogP contribution in [-0.4, -0.2) is 29.1 Å². The number of nitro groups is 1. The number of hydrogen-bond donors (Lipinski definition) is 1. The molecule has 1 aliphatic carbocycles. The maximum Gasteiger partial charge on any atom is 0.311 e. The highest BCUT2D eigenvalue weighted by Crippen LogP contribution is 2.40. The molecule has 0 aliphatic heterocycles. The predicted molar refractivity (Wildman–Crippen MR) is 102 cm³/mol. The number of aryl methyl sites for hydroxylation is 1. The SMILES string of the molecule is Cn1c(C2CC2)nc2cc(Nc3cccc(S(C)(=O)=O)c3[N+](=O)[O-])ccc21. The van der Waals surface area contributed by atoms with Gasteiger partial charge in [-0.2, -0.15) is 0 Å². The topological polar surface area (TPSA) is 107 Å². The first kappa shape index (κ1) is 17.5. The molecule has 2 aromatic carbocycles. The Labute approximate surface area is 155 Å². The van der Waals surface area contributed by atoms with Gasteiger partial charge in [0.15, 0.2) is 9.84 Å². The van der Waals surface area contributed by atoms with Gasteiger partial charge in [-0.25, -0.2) is 13.4 Å². The van der Waals surface area contributed by atoms with Gasteiger partial charge in [0.05, 0.1) is 16.0 Å². The fourth-order valence-corrected chi connectivity index (χ4v) is 4.13. The van der Waals surface area contributed by atoms with E-state index in [1.807, 2.05) is 19.2 Å². The number of aromatic nitrogens is 2. The number of imidazole rings is 1. The molecule has 1 aliphatic rings. The molecule has 0 saturated heterocycles. The highest BCUT2D eigenvalue weighted by Gasteiger charge is 2.29. The van der Waals surface area contributed by atoms with Crippen LogP contribution in [0.5, 0.6) is 0 Å². The summed E-state index contributed by atoms with van der Waals surface area (Å²) in [6.45, 7) is 0. The number of nitrogens with one attached hydrogen (secondary N) is 1. The molecule has 9 heteroatoms. The molecule has 0 spiro atoms. The zero-order valence-electron chi connectivity index (χ0n) is 14.8. The van der Waals surface area contributed by atoms with Crippen LogP contribution in [0.1, 0.15) is 24.6 Å². The van der Waals surface area contributed by atoms with Crippen LogP contribution in [0.4, 0.5) is 17.1 Å². The second kappa shape index (κ2) is 6.05. The smallest absolute Gasteiger partial charge is 0.311 e. The van der Waals surface area contributed by atoms with Crippen molar-refractivity contribution in [3.63, 3.8) is 0 Å². The normalized spacial score (nSPS) is 14.4. The highest BCUT2D eigenvalue weighted by molar-refractivity contribution is 7.90. The zero-order valence-corrected chi connectivity index (χ0v) is 15.7. The van der Waals surface area contributed by atoms with E-state index in [0.29, 0.717) is 11.6 Å². The van der Waals surface area contributed by atoms with E-state index < -0.39 is 20.4 Å². The monoisotopic (exact) mass is 386 g/mol. The minimum atomic E-state index is -3.73. The number of hydrogen-bond acceptors (Lipinski definition) is 6. The summed E-state index contributed by atoms with van der Waals surface area (Å²) in [6, 6.07) is 9.74. The number of fused-ring (bicyclic) bond motifs is 1. The molecule has 1 saturated carbocycles. The van der Waals surface area contributed by atoms with Crippen molar-refractivity contribution in [1.29, 1.82) is 0 Å². The number of rotatable bonds is 5. The van der Waals surface area contributed by atoms with Gasteiger partial charge >= 0.3 is 5.69 Å². The maximum absolute atomic E-state index is 11.9. The predicted octanol–water partition coefficient (Wildman–Crippen LogP) is 3.51. The summed E-state index contributed by atoms with van der Waals surface area (Å²) >= 11 is 0. The molecule has 1 heterocycles. The van der Waals surface area contributed by atoms with Crippen molar-refractivity contribution in [1.82, 2.24) is 9.55 Å². The molecular weight excluding hydrogens is 368 g/mol. The largest absolute Gasteiger partial charge is 0.350 e. The summed E-state index contributed by atoms with van der Waals surface area (Å²) in [5, 5.41) is 14.5. The van der Waals surface area contributed by atoms with E-state index in [4.69, 9.17) is 0 Å². The number of anilines is 2. The molecule has 0 unspecified atom stereocenters. The lowest BCUT2D eigenvalue weighted by Crippen LogP contribution is -2.05. The van der Waals surface area contributed by atoms with Gasteiger partial charge in [0.25, 0.3) is 0 Å². The molecule has 0 atom stereocenters. The summed E-state index contributed by atoms with van der Waals surface area (Å²) in [5.41, 5.74) is 2.06. The Bertz CT molecular complexity index is 1180. The minimum Gasteiger partial charge on any atom is -0.350 e. The van der Waals surface area contributed by atoms with E-state index in [0.717, 1.165) is 36.0 Å². The second-order valence-corrected chi connectivity index (χ2v) is 8.80. The van der Waals surface area contributed by atoms with E-state index in [-0.39, 0.29) is 10.6 Å². The number of para-hydroxylation sites is 1. The van der Waals surface area contributed by atoms with Gasteiger partial charge in [-0.3, -0.25) is 10.1 Å². The number of benzene rings is 2. The number of nitro benzene ring substituents is 1. The summed E-state index contributed by atoms with van der Waals surface area (Å²) in [6.07, 6.45) is 3.25. The van der Waals surface area contributed by atoms with E-state index >= 15 is 0 Å². The van der Waals surface area contributed by atoms with Crippen LogP contribution in [0.3, 0.4) is 0 Å². The molecule has 1 fully saturated rings. The molecule has 27 heavy (non-hydrogen) atoms. The van der Waals surface area contributed by atoms with Crippen LogP contribution in [0.15, 0.2) is 41.3 Å². The second-order valence-electron chi connectivity index (χ2n) is 6.81. The molecule has 0 amide bonds. The lowest BCUT2D eigenvalue weighted by molar-refractivity contribution is -0.386. The Balaban J connectivity index is 1.77. The third kappa shape index (κ3) is 3.14.